The number of nitrogens with zero attached hydrogens (tertiary/aromatic N) is 4. The number of carbonyl (C=O) groups is 1. The molecule has 2 aromatic heterocycles. The molecule has 0 aliphatic rings. The Hall–Kier alpha value is -3.29. The zero-order valence-electron chi connectivity index (χ0n) is 11.6. The Morgan fingerprint density at radius 3 is 3.00 bits per heavy atom. The number of methoxy groups -OCH3 is 1. The van der Waals surface area contributed by atoms with Gasteiger partial charge in [0, 0.05) is 24.1 Å². The number of ether oxygens (including phenoxy) is 1. The summed E-state index contributed by atoms with van der Waals surface area (Å²) in [4.78, 5) is 24.0. The lowest BCUT2D eigenvalue weighted by atomic mass is 10.3. The van der Waals surface area contributed by atoms with Crippen LogP contribution < -0.4 is 10.1 Å². The van der Waals surface area contributed by atoms with Crippen LogP contribution in [0.2, 0.25) is 0 Å². The summed E-state index contributed by atoms with van der Waals surface area (Å²) in [5.74, 6) is 0.145. The highest BCUT2D eigenvalue weighted by atomic mass is 16.5. The van der Waals surface area contributed by atoms with Gasteiger partial charge in [-0.2, -0.15) is 4.98 Å². The fourth-order valence-electron chi connectivity index (χ4n) is 1.72. The van der Waals surface area contributed by atoms with E-state index in [4.69, 9.17) is 9.26 Å². The van der Waals surface area contributed by atoms with Gasteiger partial charge in [-0.05, 0) is 12.1 Å². The minimum Gasteiger partial charge on any atom is -0.497 e. The molecule has 0 aliphatic carbocycles. The molecule has 8 nitrogen and oxygen atoms in total. The number of carbonyl (C=O) groups excluding carboxylic acids is 1. The van der Waals surface area contributed by atoms with Crippen LogP contribution in [-0.2, 0) is 0 Å². The van der Waals surface area contributed by atoms with Gasteiger partial charge in [0.15, 0.2) is 0 Å². The average molecular weight is 297 g/mol. The third-order valence-corrected chi connectivity index (χ3v) is 2.74. The Morgan fingerprint density at radius 1 is 1.32 bits per heavy atom. The highest BCUT2D eigenvalue weighted by molar-refractivity contribution is 6.01. The Balaban J connectivity index is 1.77. The molecule has 8 heteroatoms. The lowest BCUT2D eigenvalue weighted by Crippen LogP contribution is -2.12. The first-order chi connectivity index (χ1) is 10.8. The van der Waals surface area contributed by atoms with Crippen molar-refractivity contribution in [3.63, 3.8) is 0 Å². The van der Waals surface area contributed by atoms with Gasteiger partial charge in [-0.1, -0.05) is 11.2 Å². The van der Waals surface area contributed by atoms with Crippen molar-refractivity contribution in [2.75, 3.05) is 12.4 Å². The van der Waals surface area contributed by atoms with E-state index in [1.807, 2.05) is 0 Å². The van der Waals surface area contributed by atoms with Crippen molar-refractivity contribution in [3.05, 3.63) is 48.7 Å². The smallest absolute Gasteiger partial charge is 0.316 e. The third kappa shape index (κ3) is 2.90. The number of anilines is 1. The summed E-state index contributed by atoms with van der Waals surface area (Å²) in [5, 5.41) is 6.36. The summed E-state index contributed by atoms with van der Waals surface area (Å²) in [7, 11) is 1.55. The predicted octanol–water partition coefficient (Wildman–Crippen LogP) is 1.79. The number of aromatic nitrogens is 4. The molecule has 1 N–H and O–H groups in total. The van der Waals surface area contributed by atoms with E-state index in [0.29, 0.717) is 17.1 Å². The second-order valence-electron chi connectivity index (χ2n) is 4.20. The number of rotatable bonds is 4. The Kier molecular flexibility index (Phi) is 3.73. The maximum Gasteiger partial charge on any atom is 0.316 e. The zero-order chi connectivity index (χ0) is 15.4. The van der Waals surface area contributed by atoms with Crippen LogP contribution in [0, 0.1) is 0 Å². The molecule has 110 valence electrons. The molecule has 1 aromatic carbocycles. The monoisotopic (exact) mass is 297 g/mol. The van der Waals surface area contributed by atoms with Crippen molar-refractivity contribution in [2.24, 2.45) is 0 Å². The van der Waals surface area contributed by atoms with E-state index in [1.165, 1.54) is 18.6 Å². The van der Waals surface area contributed by atoms with Gasteiger partial charge in [0.25, 0.3) is 0 Å². The van der Waals surface area contributed by atoms with Crippen molar-refractivity contribution in [1.82, 2.24) is 20.1 Å². The first-order valence-corrected chi connectivity index (χ1v) is 6.32. The van der Waals surface area contributed by atoms with Crippen LogP contribution in [0.15, 0.2) is 47.4 Å². The maximum absolute atomic E-state index is 12.1. The number of hydrogen-bond donors (Lipinski definition) is 1. The van der Waals surface area contributed by atoms with Crippen molar-refractivity contribution < 1.29 is 14.1 Å². The number of benzene rings is 1. The normalized spacial score (nSPS) is 10.2. The molecule has 0 saturated carbocycles. The van der Waals surface area contributed by atoms with Gasteiger partial charge in [0.05, 0.1) is 13.3 Å². The second-order valence-corrected chi connectivity index (χ2v) is 4.20. The van der Waals surface area contributed by atoms with Gasteiger partial charge in [-0.25, -0.2) is 4.98 Å². The van der Waals surface area contributed by atoms with Crippen LogP contribution in [0.3, 0.4) is 0 Å². The minimum absolute atomic E-state index is 0.163. The van der Waals surface area contributed by atoms with E-state index < -0.39 is 5.91 Å². The predicted molar refractivity (Wildman–Crippen MR) is 76.3 cm³/mol. The fraction of sp³-hybridized carbons (Fsp3) is 0.0714. The minimum atomic E-state index is -0.518. The van der Waals surface area contributed by atoms with E-state index in [9.17, 15) is 4.79 Å². The molecule has 0 spiro atoms. The van der Waals surface area contributed by atoms with E-state index in [2.05, 4.69) is 25.4 Å². The van der Waals surface area contributed by atoms with Crippen molar-refractivity contribution in [2.45, 2.75) is 0 Å². The Morgan fingerprint density at radius 2 is 2.23 bits per heavy atom. The highest BCUT2D eigenvalue weighted by Crippen LogP contribution is 2.18. The third-order valence-electron chi connectivity index (χ3n) is 2.74. The van der Waals surface area contributed by atoms with Crippen LogP contribution >= 0.6 is 0 Å². The number of amides is 1. The first kappa shape index (κ1) is 13.7. The first-order valence-electron chi connectivity index (χ1n) is 6.32. The van der Waals surface area contributed by atoms with Gasteiger partial charge >= 0.3 is 11.8 Å². The molecular weight excluding hydrogens is 286 g/mol. The van der Waals surface area contributed by atoms with Crippen LogP contribution in [-0.4, -0.2) is 33.1 Å². The zero-order valence-corrected chi connectivity index (χ0v) is 11.6. The van der Waals surface area contributed by atoms with Gasteiger partial charge in [-0.15, -0.1) is 0 Å². The molecule has 3 rings (SSSR count). The van der Waals surface area contributed by atoms with Crippen LogP contribution in [0.25, 0.3) is 11.5 Å². The van der Waals surface area contributed by atoms with Crippen molar-refractivity contribution in [3.8, 4) is 17.3 Å². The standard InChI is InChI=1S/C14H11N5O3/c1-21-10-4-2-3-9(7-10)17-13(20)14-18-12(19-22-14)11-8-15-5-6-16-11/h2-8H,1H3,(H,17,20). The van der Waals surface area contributed by atoms with Crippen LogP contribution in [0.1, 0.15) is 10.7 Å². The lowest BCUT2D eigenvalue weighted by molar-refractivity contribution is 0.0981. The quantitative estimate of drug-likeness (QED) is 0.782. The van der Waals surface area contributed by atoms with Crippen LogP contribution in [0.5, 0.6) is 5.75 Å². The van der Waals surface area contributed by atoms with Crippen molar-refractivity contribution in [1.29, 1.82) is 0 Å². The van der Waals surface area contributed by atoms with Gasteiger partial charge in [0.1, 0.15) is 11.4 Å². The van der Waals surface area contributed by atoms with Gasteiger partial charge in [-0.3, -0.25) is 9.78 Å². The molecular formula is C14H11N5O3. The van der Waals surface area contributed by atoms with Gasteiger partial charge in [0.2, 0.25) is 5.82 Å². The summed E-state index contributed by atoms with van der Waals surface area (Å²) >= 11 is 0. The topological polar surface area (TPSA) is 103 Å². The SMILES string of the molecule is COc1cccc(NC(=O)c2nc(-c3cnccn3)no2)c1. The molecule has 0 unspecified atom stereocenters. The molecule has 0 radical (unpaired) electrons. The summed E-state index contributed by atoms with van der Waals surface area (Å²) < 4.78 is 10.0. The molecule has 2 heterocycles. The molecule has 3 aromatic rings. The highest BCUT2D eigenvalue weighted by Gasteiger charge is 2.17. The van der Waals surface area contributed by atoms with Gasteiger partial charge < -0.3 is 14.6 Å². The molecule has 0 bridgehead atoms. The average Bonchev–Trinajstić information content (AvgIpc) is 3.06. The summed E-state index contributed by atoms with van der Waals surface area (Å²) in [6.45, 7) is 0. The van der Waals surface area contributed by atoms with E-state index >= 15 is 0 Å². The number of hydrogen-bond acceptors (Lipinski definition) is 7. The molecule has 0 atom stereocenters. The molecule has 0 fully saturated rings. The van der Waals surface area contributed by atoms with Crippen molar-refractivity contribution >= 4 is 11.6 Å². The second kappa shape index (κ2) is 6.00. The Labute approximate surface area is 125 Å². The molecule has 0 saturated heterocycles. The molecule has 0 aliphatic heterocycles. The van der Waals surface area contributed by atoms with E-state index in [1.54, 1.807) is 31.4 Å². The largest absolute Gasteiger partial charge is 0.497 e. The van der Waals surface area contributed by atoms with E-state index in [-0.39, 0.29) is 11.7 Å². The molecule has 22 heavy (non-hydrogen) atoms. The summed E-state index contributed by atoms with van der Waals surface area (Å²) in [5.41, 5.74) is 0.982. The summed E-state index contributed by atoms with van der Waals surface area (Å²) in [6.07, 6.45) is 4.51. The lowest BCUT2D eigenvalue weighted by Gasteiger charge is -2.04. The summed E-state index contributed by atoms with van der Waals surface area (Å²) in [6, 6.07) is 6.93. The molecule has 1 amide bonds. The van der Waals surface area contributed by atoms with E-state index in [0.717, 1.165) is 0 Å². The number of nitrogens with one attached hydrogen (secondary N) is 1. The fourth-order valence-corrected chi connectivity index (χ4v) is 1.72. The van der Waals surface area contributed by atoms with Crippen LogP contribution in [0.4, 0.5) is 5.69 Å². The maximum atomic E-state index is 12.1. The Bertz CT molecular complexity index is 788.